The number of nitrogens with one attached hydrogen (secondary N) is 2. The number of carboxylic acids is 1. The first-order valence-electron chi connectivity index (χ1n) is 8.07. The van der Waals surface area contributed by atoms with Crippen LogP contribution >= 0.6 is 0 Å². The van der Waals surface area contributed by atoms with Crippen molar-refractivity contribution in [2.45, 2.75) is 51.5 Å². The number of H-pyrrole nitrogens is 2. The molecule has 1 aliphatic rings. The average Bonchev–Trinajstić information content (AvgIpc) is 2.99. The monoisotopic (exact) mass is 333 g/mol. The summed E-state index contributed by atoms with van der Waals surface area (Å²) in [5.41, 5.74) is 1.89. The zero-order valence-electron chi connectivity index (χ0n) is 14.1. The Labute approximate surface area is 139 Å². The minimum absolute atomic E-state index is 0.0955. The summed E-state index contributed by atoms with van der Waals surface area (Å²) in [5.74, 6) is -0.828. The van der Waals surface area contributed by atoms with Crippen molar-refractivity contribution in [1.82, 2.24) is 14.9 Å². The van der Waals surface area contributed by atoms with E-state index in [9.17, 15) is 14.7 Å². The van der Waals surface area contributed by atoms with Crippen molar-refractivity contribution in [3.63, 3.8) is 0 Å². The lowest BCUT2D eigenvalue weighted by Gasteiger charge is -2.25. The molecule has 0 radical (unpaired) electrons. The van der Waals surface area contributed by atoms with Crippen molar-refractivity contribution in [1.29, 1.82) is 0 Å². The number of carboxylic acid groups (broad SMARTS) is 1. The molecule has 7 nitrogen and oxygen atoms in total. The summed E-state index contributed by atoms with van der Waals surface area (Å²) >= 11 is 0. The molecule has 1 aromatic carbocycles. The second-order valence-electron chi connectivity index (χ2n) is 7.33. The average molecular weight is 333 g/mol. The largest absolute Gasteiger partial charge is 0.480 e. The molecule has 0 saturated carbocycles. The third kappa shape index (κ3) is 3.68. The molecule has 0 spiro atoms. The molecule has 0 amide bonds. The van der Waals surface area contributed by atoms with Crippen LogP contribution in [0, 0.1) is 0 Å². The highest BCUT2D eigenvalue weighted by molar-refractivity contribution is 5.75. The van der Waals surface area contributed by atoms with E-state index < -0.39 is 12.0 Å². The molecule has 2 heterocycles. The molecule has 130 valence electrons. The van der Waals surface area contributed by atoms with Crippen LogP contribution in [-0.2, 0) is 16.1 Å². The normalized spacial score (nSPS) is 22.3. The molecular formula is C17H23N3O4. The van der Waals surface area contributed by atoms with Gasteiger partial charge in [-0.2, -0.15) is 0 Å². The molecule has 2 atom stereocenters. The third-order valence-electron chi connectivity index (χ3n) is 4.14. The predicted molar refractivity (Wildman–Crippen MR) is 90.0 cm³/mol. The van der Waals surface area contributed by atoms with Gasteiger partial charge in [-0.05, 0) is 38.5 Å². The van der Waals surface area contributed by atoms with Crippen LogP contribution in [0.3, 0.4) is 0 Å². The number of nitrogens with zero attached hydrogens (tertiary/aromatic N) is 1. The van der Waals surface area contributed by atoms with E-state index in [-0.39, 0.29) is 17.4 Å². The van der Waals surface area contributed by atoms with E-state index in [1.165, 1.54) is 0 Å². The molecule has 3 rings (SSSR count). The van der Waals surface area contributed by atoms with E-state index in [0.29, 0.717) is 19.5 Å². The van der Waals surface area contributed by atoms with Gasteiger partial charge in [-0.25, -0.2) is 4.79 Å². The summed E-state index contributed by atoms with van der Waals surface area (Å²) in [6, 6.07) is 5.06. The topological polar surface area (TPSA) is 98.4 Å². The summed E-state index contributed by atoms with van der Waals surface area (Å²) < 4.78 is 5.96. The van der Waals surface area contributed by atoms with Crippen LogP contribution in [0.15, 0.2) is 23.0 Å². The number of benzene rings is 1. The number of imidazole rings is 1. The first kappa shape index (κ1) is 16.7. The Bertz CT molecular complexity index is 802. The molecule has 3 N–H and O–H groups in total. The highest BCUT2D eigenvalue weighted by atomic mass is 16.5. The number of likely N-dealkylation sites (tertiary alicyclic amines) is 1. The zero-order valence-corrected chi connectivity index (χ0v) is 14.1. The van der Waals surface area contributed by atoms with E-state index in [1.54, 1.807) is 0 Å². The maximum atomic E-state index is 11.6. The number of ether oxygens (including phenoxy) is 1. The Hall–Kier alpha value is -2.12. The van der Waals surface area contributed by atoms with Crippen molar-refractivity contribution in [3.8, 4) is 0 Å². The van der Waals surface area contributed by atoms with Crippen LogP contribution in [0.25, 0.3) is 11.0 Å². The SMILES string of the molecule is CC(C)(C)O[C@@H]1C[C@@H](C(=O)O)N(Cc2ccc3[nH]c(=O)[nH]c3c2)C1. The predicted octanol–water partition coefficient (Wildman–Crippen LogP) is 1.70. The van der Waals surface area contributed by atoms with Gasteiger partial charge in [0.15, 0.2) is 0 Å². The first-order valence-corrected chi connectivity index (χ1v) is 8.07. The van der Waals surface area contributed by atoms with Crippen LogP contribution in [0.5, 0.6) is 0 Å². The van der Waals surface area contributed by atoms with Crippen LogP contribution in [0.2, 0.25) is 0 Å². The van der Waals surface area contributed by atoms with Gasteiger partial charge in [0, 0.05) is 19.5 Å². The van der Waals surface area contributed by atoms with Crippen LogP contribution in [0.4, 0.5) is 0 Å². The molecule has 2 aromatic rings. The number of aromatic nitrogens is 2. The second kappa shape index (κ2) is 6.07. The molecule has 0 unspecified atom stereocenters. The number of rotatable bonds is 4. The summed E-state index contributed by atoms with van der Waals surface area (Å²) in [6.45, 7) is 7.00. The molecule has 1 aromatic heterocycles. The van der Waals surface area contributed by atoms with E-state index in [1.807, 2.05) is 43.9 Å². The minimum atomic E-state index is -0.828. The highest BCUT2D eigenvalue weighted by Crippen LogP contribution is 2.26. The van der Waals surface area contributed by atoms with Crippen molar-refractivity contribution in [2.75, 3.05) is 6.54 Å². The molecule has 0 aliphatic carbocycles. The van der Waals surface area contributed by atoms with Gasteiger partial charge < -0.3 is 19.8 Å². The Morgan fingerprint density at radius 2 is 2.04 bits per heavy atom. The fourth-order valence-electron chi connectivity index (χ4n) is 3.29. The van der Waals surface area contributed by atoms with Crippen molar-refractivity contribution in [3.05, 3.63) is 34.2 Å². The fraction of sp³-hybridized carbons (Fsp3) is 0.529. The number of fused-ring (bicyclic) bond motifs is 1. The second-order valence-corrected chi connectivity index (χ2v) is 7.33. The first-order chi connectivity index (χ1) is 11.2. The highest BCUT2D eigenvalue weighted by Gasteiger charge is 2.38. The maximum absolute atomic E-state index is 11.6. The smallest absolute Gasteiger partial charge is 0.323 e. The number of hydrogen-bond donors (Lipinski definition) is 3. The van der Waals surface area contributed by atoms with Gasteiger partial charge in [0.2, 0.25) is 0 Å². The van der Waals surface area contributed by atoms with Gasteiger partial charge in [0.05, 0.1) is 22.7 Å². The number of hydrogen-bond acceptors (Lipinski definition) is 4. The quantitative estimate of drug-likeness (QED) is 0.791. The Morgan fingerprint density at radius 3 is 2.71 bits per heavy atom. The van der Waals surface area contributed by atoms with Crippen molar-refractivity contribution in [2.24, 2.45) is 0 Å². The van der Waals surface area contributed by atoms with E-state index in [4.69, 9.17) is 4.74 Å². The van der Waals surface area contributed by atoms with Gasteiger partial charge in [-0.1, -0.05) is 6.07 Å². The van der Waals surface area contributed by atoms with Gasteiger partial charge in [-0.3, -0.25) is 9.69 Å². The Kier molecular flexibility index (Phi) is 4.23. The standard InChI is InChI=1S/C17H23N3O4/c1-17(2,3)24-11-7-14(15(21)22)20(9-11)8-10-4-5-12-13(6-10)19-16(23)18-12/h4-6,11,14H,7-9H2,1-3H3,(H,21,22)(H2,18,19,23)/t11-,14+/m1/s1. The van der Waals surface area contributed by atoms with Crippen molar-refractivity contribution >= 4 is 17.0 Å². The van der Waals surface area contributed by atoms with E-state index >= 15 is 0 Å². The molecular weight excluding hydrogens is 310 g/mol. The van der Waals surface area contributed by atoms with E-state index in [0.717, 1.165) is 16.6 Å². The molecule has 1 saturated heterocycles. The number of aromatic amines is 2. The molecule has 0 bridgehead atoms. The third-order valence-corrected chi connectivity index (χ3v) is 4.14. The van der Waals surface area contributed by atoms with Crippen molar-refractivity contribution < 1.29 is 14.6 Å². The summed E-state index contributed by atoms with van der Waals surface area (Å²) in [6.07, 6.45) is 0.387. The lowest BCUT2D eigenvalue weighted by Crippen LogP contribution is -2.35. The number of carbonyl (C=O) groups is 1. The fourth-order valence-corrected chi connectivity index (χ4v) is 3.29. The summed E-state index contributed by atoms with van der Waals surface area (Å²) in [5, 5.41) is 9.50. The molecule has 7 heteroatoms. The lowest BCUT2D eigenvalue weighted by molar-refractivity contribution is -0.142. The van der Waals surface area contributed by atoms with Gasteiger partial charge >= 0.3 is 11.7 Å². The van der Waals surface area contributed by atoms with Gasteiger partial charge in [-0.15, -0.1) is 0 Å². The number of aliphatic carboxylic acids is 1. The lowest BCUT2D eigenvalue weighted by atomic mass is 10.1. The van der Waals surface area contributed by atoms with Gasteiger partial charge in [0.1, 0.15) is 6.04 Å². The minimum Gasteiger partial charge on any atom is -0.480 e. The van der Waals surface area contributed by atoms with Crippen LogP contribution in [0.1, 0.15) is 32.8 Å². The van der Waals surface area contributed by atoms with Crippen LogP contribution in [-0.4, -0.2) is 50.2 Å². The van der Waals surface area contributed by atoms with Crippen LogP contribution < -0.4 is 5.69 Å². The summed E-state index contributed by atoms with van der Waals surface area (Å²) in [4.78, 5) is 30.3. The van der Waals surface area contributed by atoms with Gasteiger partial charge in [0.25, 0.3) is 0 Å². The van der Waals surface area contributed by atoms with E-state index in [2.05, 4.69) is 9.97 Å². The maximum Gasteiger partial charge on any atom is 0.323 e. The molecule has 1 aliphatic heterocycles. The Balaban J connectivity index is 1.77. The molecule has 1 fully saturated rings. The summed E-state index contributed by atoms with van der Waals surface area (Å²) in [7, 11) is 0. The Morgan fingerprint density at radius 1 is 1.33 bits per heavy atom. The zero-order chi connectivity index (χ0) is 17.5. The molecule has 24 heavy (non-hydrogen) atoms.